The molecule has 0 radical (unpaired) electrons. The number of hydrogen-bond donors (Lipinski definition) is 1. The van der Waals surface area contributed by atoms with Crippen molar-refractivity contribution < 1.29 is 19.1 Å². The van der Waals surface area contributed by atoms with Crippen LogP contribution in [0.4, 0.5) is 0 Å². The van der Waals surface area contributed by atoms with Crippen molar-refractivity contribution in [2.24, 2.45) is 5.92 Å². The van der Waals surface area contributed by atoms with Crippen molar-refractivity contribution in [3.8, 4) is 0 Å². The van der Waals surface area contributed by atoms with Gasteiger partial charge >= 0.3 is 5.97 Å². The first kappa shape index (κ1) is 23.7. The number of nitrogens with zero attached hydrogens (tertiary/aromatic N) is 1. The number of benzene rings is 1. The number of rotatable bonds is 8. The van der Waals surface area contributed by atoms with Crippen LogP contribution in [0.1, 0.15) is 64.4 Å². The topological polar surface area (TPSA) is 75.7 Å². The largest absolute Gasteiger partial charge is 0.454 e. The molecule has 1 N–H and O–H groups in total. The van der Waals surface area contributed by atoms with Gasteiger partial charge in [-0.2, -0.15) is 0 Å². The number of amides is 2. The van der Waals surface area contributed by atoms with E-state index in [0.717, 1.165) is 5.56 Å². The summed E-state index contributed by atoms with van der Waals surface area (Å²) in [4.78, 5) is 38.6. The van der Waals surface area contributed by atoms with Crippen molar-refractivity contribution in [3.05, 3.63) is 35.4 Å². The molecule has 0 aliphatic carbocycles. The van der Waals surface area contributed by atoms with Gasteiger partial charge in [-0.15, -0.1) is 0 Å². The van der Waals surface area contributed by atoms with Crippen molar-refractivity contribution in [2.45, 2.75) is 59.9 Å². The van der Waals surface area contributed by atoms with Crippen LogP contribution in [-0.2, 0) is 19.7 Å². The molecular weight excluding hydrogens is 356 g/mol. The molecule has 156 valence electrons. The zero-order valence-electron chi connectivity index (χ0n) is 18.2. The van der Waals surface area contributed by atoms with Gasteiger partial charge in [0.15, 0.2) is 6.61 Å². The van der Waals surface area contributed by atoms with Crippen LogP contribution in [0.2, 0.25) is 0 Å². The molecule has 2 amide bonds. The average molecular weight is 391 g/mol. The number of nitrogens with one attached hydrogen (secondary N) is 1. The van der Waals surface area contributed by atoms with Gasteiger partial charge in [-0.05, 0) is 42.9 Å². The van der Waals surface area contributed by atoms with Gasteiger partial charge in [0.1, 0.15) is 6.04 Å². The summed E-state index contributed by atoms with van der Waals surface area (Å²) in [7, 11) is 0. The molecule has 1 rings (SSSR count). The molecule has 0 aliphatic rings. The fraction of sp³-hybridized carbons (Fsp3) is 0.591. The molecule has 0 aromatic heterocycles. The lowest BCUT2D eigenvalue weighted by Crippen LogP contribution is -2.46. The fourth-order valence-corrected chi connectivity index (χ4v) is 2.73. The van der Waals surface area contributed by atoms with Crippen molar-refractivity contribution in [2.75, 3.05) is 19.7 Å². The Morgan fingerprint density at radius 2 is 1.57 bits per heavy atom. The maximum Gasteiger partial charge on any atom is 0.329 e. The lowest BCUT2D eigenvalue weighted by atomic mass is 9.86. The van der Waals surface area contributed by atoms with E-state index in [4.69, 9.17) is 4.74 Å². The van der Waals surface area contributed by atoms with Crippen LogP contribution in [0.15, 0.2) is 24.3 Å². The van der Waals surface area contributed by atoms with E-state index >= 15 is 0 Å². The predicted octanol–water partition coefficient (Wildman–Crippen LogP) is 3.15. The van der Waals surface area contributed by atoms with Crippen LogP contribution in [0.5, 0.6) is 0 Å². The highest BCUT2D eigenvalue weighted by Crippen LogP contribution is 2.22. The summed E-state index contributed by atoms with van der Waals surface area (Å²) >= 11 is 0. The summed E-state index contributed by atoms with van der Waals surface area (Å²) in [5.74, 6) is -1.36. The van der Waals surface area contributed by atoms with Gasteiger partial charge in [0.2, 0.25) is 0 Å². The summed E-state index contributed by atoms with van der Waals surface area (Å²) in [6.45, 7) is 14.5. The Labute approximate surface area is 168 Å². The van der Waals surface area contributed by atoms with Crippen LogP contribution in [0.25, 0.3) is 0 Å². The Morgan fingerprint density at radius 1 is 1.04 bits per heavy atom. The number of carbonyl (C=O) groups is 3. The van der Waals surface area contributed by atoms with Crippen LogP contribution < -0.4 is 5.32 Å². The van der Waals surface area contributed by atoms with E-state index in [1.54, 1.807) is 17.0 Å². The van der Waals surface area contributed by atoms with Gasteiger partial charge in [0.05, 0.1) is 0 Å². The van der Waals surface area contributed by atoms with Crippen LogP contribution in [0, 0.1) is 5.92 Å². The molecule has 6 nitrogen and oxygen atoms in total. The molecule has 0 saturated heterocycles. The minimum absolute atomic E-state index is 0.00329. The second-order valence-corrected chi connectivity index (χ2v) is 8.20. The van der Waals surface area contributed by atoms with Gasteiger partial charge < -0.3 is 15.0 Å². The highest BCUT2D eigenvalue weighted by atomic mass is 16.5. The molecule has 0 heterocycles. The van der Waals surface area contributed by atoms with E-state index in [1.165, 1.54) is 0 Å². The van der Waals surface area contributed by atoms with Crippen molar-refractivity contribution >= 4 is 17.8 Å². The molecule has 6 heteroatoms. The first-order valence-electron chi connectivity index (χ1n) is 9.87. The standard InChI is InChI=1S/C22H34N2O4/c1-8-24(9-2)18(25)14-28-21(27)19(15(3)4)23-20(26)16-10-12-17(13-11-16)22(5,6)7/h10-13,15,19H,8-9,14H2,1-7H3,(H,23,26). The fourth-order valence-electron chi connectivity index (χ4n) is 2.73. The number of hydrogen-bond acceptors (Lipinski definition) is 4. The molecule has 1 aromatic rings. The summed E-state index contributed by atoms with van der Waals surface area (Å²) in [6.07, 6.45) is 0. The van der Waals surface area contributed by atoms with E-state index in [1.807, 2.05) is 39.8 Å². The number of carbonyl (C=O) groups excluding carboxylic acids is 3. The van der Waals surface area contributed by atoms with Crippen LogP contribution in [-0.4, -0.2) is 48.4 Å². The molecule has 0 spiro atoms. The maximum atomic E-state index is 12.6. The molecule has 0 aliphatic heterocycles. The maximum absolute atomic E-state index is 12.6. The highest BCUT2D eigenvalue weighted by molar-refractivity contribution is 5.97. The third-order valence-corrected chi connectivity index (χ3v) is 4.67. The predicted molar refractivity (Wildman–Crippen MR) is 110 cm³/mol. The van der Waals surface area contributed by atoms with Gasteiger partial charge in [-0.3, -0.25) is 9.59 Å². The molecule has 28 heavy (non-hydrogen) atoms. The second kappa shape index (κ2) is 10.2. The summed E-state index contributed by atoms with van der Waals surface area (Å²) in [5, 5.41) is 2.73. The number of ether oxygens (including phenoxy) is 1. The van der Waals surface area contributed by atoms with Gasteiger partial charge in [0, 0.05) is 18.7 Å². The van der Waals surface area contributed by atoms with Gasteiger partial charge in [-0.25, -0.2) is 4.79 Å². The minimum atomic E-state index is -0.820. The minimum Gasteiger partial charge on any atom is -0.454 e. The van der Waals surface area contributed by atoms with Crippen molar-refractivity contribution in [1.29, 1.82) is 0 Å². The first-order valence-corrected chi connectivity index (χ1v) is 9.87. The van der Waals surface area contributed by atoms with Crippen molar-refractivity contribution in [3.63, 3.8) is 0 Å². The smallest absolute Gasteiger partial charge is 0.329 e. The third-order valence-electron chi connectivity index (χ3n) is 4.67. The normalized spacial score (nSPS) is 12.4. The van der Waals surface area contributed by atoms with Crippen LogP contribution in [0.3, 0.4) is 0 Å². The summed E-state index contributed by atoms with van der Waals surface area (Å²) in [6, 6.07) is 6.52. The lowest BCUT2D eigenvalue weighted by molar-refractivity contribution is -0.154. The Bertz CT molecular complexity index is 671. The van der Waals surface area contributed by atoms with E-state index in [0.29, 0.717) is 18.7 Å². The Balaban J connectivity index is 2.77. The molecule has 1 atom stereocenters. The molecule has 0 bridgehead atoms. The average Bonchev–Trinajstić information content (AvgIpc) is 2.64. The van der Waals surface area contributed by atoms with Crippen LogP contribution >= 0.6 is 0 Å². The Morgan fingerprint density at radius 3 is 2.00 bits per heavy atom. The zero-order chi connectivity index (χ0) is 21.5. The summed E-state index contributed by atoms with van der Waals surface area (Å²) < 4.78 is 5.17. The molecular formula is C22H34N2O4. The van der Waals surface area contributed by atoms with E-state index in [2.05, 4.69) is 26.1 Å². The monoisotopic (exact) mass is 390 g/mol. The number of likely N-dealkylation sites (N-methyl/N-ethyl adjacent to an activating group) is 1. The van der Waals surface area contributed by atoms with E-state index in [-0.39, 0.29) is 29.8 Å². The molecule has 1 aromatic carbocycles. The van der Waals surface area contributed by atoms with E-state index < -0.39 is 12.0 Å². The quantitative estimate of drug-likeness (QED) is 0.692. The third kappa shape index (κ3) is 6.66. The second-order valence-electron chi connectivity index (χ2n) is 8.20. The zero-order valence-corrected chi connectivity index (χ0v) is 18.2. The van der Waals surface area contributed by atoms with Gasteiger partial charge in [-0.1, -0.05) is 46.8 Å². The van der Waals surface area contributed by atoms with Crippen molar-refractivity contribution in [1.82, 2.24) is 10.2 Å². The van der Waals surface area contributed by atoms with Gasteiger partial charge in [0.25, 0.3) is 11.8 Å². The van der Waals surface area contributed by atoms with E-state index in [9.17, 15) is 14.4 Å². The Hall–Kier alpha value is -2.37. The molecule has 0 fully saturated rings. The highest BCUT2D eigenvalue weighted by Gasteiger charge is 2.27. The first-order chi connectivity index (χ1) is 13.0. The number of esters is 1. The molecule has 0 saturated carbocycles. The molecule has 1 unspecified atom stereocenters. The lowest BCUT2D eigenvalue weighted by Gasteiger charge is -2.23. The summed E-state index contributed by atoms with van der Waals surface area (Å²) in [5.41, 5.74) is 1.60. The Kier molecular flexibility index (Phi) is 8.66. The SMILES string of the molecule is CCN(CC)C(=O)COC(=O)C(NC(=O)c1ccc(C(C)(C)C)cc1)C(C)C.